The van der Waals surface area contributed by atoms with Crippen molar-refractivity contribution in [3.8, 4) is 0 Å². The fourth-order valence-electron chi connectivity index (χ4n) is 4.33. The van der Waals surface area contributed by atoms with Crippen LogP contribution in [-0.2, 0) is 13.1 Å². The number of aromatic nitrogens is 4. The second-order valence-corrected chi connectivity index (χ2v) is 9.14. The van der Waals surface area contributed by atoms with Crippen LogP contribution >= 0.6 is 0 Å². The molecule has 1 saturated heterocycles. The fraction of sp³-hybridized carbons (Fsp3) is 0.346. The van der Waals surface area contributed by atoms with Gasteiger partial charge in [0.15, 0.2) is 0 Å². The molecule has 3 heterocycles. The van der Waals surface area contributed by atoms with Gasteiger partial charge in [-0.05, 0) is 29.2 Å². The number of benzene rings is 2. The number of aromatic amines is 1. The zero-order valence-electron chi connectivity index (χ0n) is 19.7. The standard InChI is InChI=1S/C26H31N7O/c1-19(2)21-10-8-20(9-11-21)17-27-25-29-26-28-22(16-24(34)33(26)30-25)18-31-12-14-32(15-13-31)23-6-4-3-5-7-23/h3-11,16,19H,12-15,17-18H2,1-2H3,(H2,27,28,29,30). The first-order valence-corrected chi connectivity index (χ1v) is 11.9. The van der Waals surface area contributed by atoms with Crippen LogP contribution in [0.2, 0.25) is 0 Å². The van der Waals surface area contributed by atoms with Crippen molar-refractivity contribution in [1.29, 1.82) is 0 Å². The van der Waals surface area contributed by atoms with E-state index in [1.54, 1.807) is 6.07 Å². The highest BCUT2D eigenvalue weighted by molar-refractivity contribution is 5.46. The number of fused-ring (bicyclic) bond motifs is 1. The third-order valence-electron chi connectivity index (χ3n) is 6.37. The molecule has 0 bridgehead atoms. The molecule has 2 aromatic heterocycles. The van der Waals surface area contributed by atoms with E-state index in [0.717, 1.165) is 37.4 Å². The third kappa shape index (κ3) is 4.97. The van der Waals surface area contributed by atoms with Crippen molar-refractivity contribution in [1.82, 2.24) is 24.5 Å². The fourth-order valence-corrected chi connectivity index (χ4v) is 4.33. The summed E-state index contributed by atoms with van der Waals surface area (Å²) in [5.41, 5.74) is 4.33. The zero-order valence-corrected chi connectivity index (χ0v) is 19.7. The number of nitrogens with zero attached hydrogens (tertiary/aromatic N) is 5. The summed E-state index contributed by atoms with van der Waals surface area (Å²) in [4.78, 5) is 26.5. The van der Waals surface area contributed by atoms with E-state index in [1.807, 2.05) is 6.07 Å². The predicted octanol–water partition coefficient (Wildman–Crippen LogP) is 3.48. The number of hydrogen-bond acceptors (Lipinski definition) is 6. The van der Waals surface area contributed by atoms with Crippen molar-refractivity contribution in [2.75, 3.05) is 36.4 Å². The lowest BCUT2D eigenvalue weighted by Gasteiger charge is -2.35. The lowest BCUT2D eigenvalue weighted by molar-refractivity contribution is 0.247. The molecule has 1 aliphatic heterocycles. The Morgan fingerprint density at radius 3 is 2.41 bits per heavy atom. The van der Waals surface area contributed by atoms with Crippen LogP contribution in [0.25, 0.3) is 5.78 Å². The Morgan fingerprint density at radius 2 is 1.71 bits per heavy atom. The minimum absolute atomic E-state index is 0.148. The van der Waals surface area contributed by atoms with Gasteiger partial charge in [0.2, 0.25) is 5.95 Å². The third-order valence-corrected chi connectivity index (χ3v) is 6.37. The summed E-state index contributed by atoms with van der Waals surface area (Å²) in [6, 6.07) is 20.6. The van der Waals surface area contributed by atoms with Gasteiger partial charge in [0.1, 0.15) is 0 Å². The molecule has 0 saturated carbocycles. The second kappa shape index (κ2) is 9.69. The molecule has 0 aliphatic carbocycles. The van der Waals surface area contributed by atoms with Gasteiger partial charge in [-0.2, -0.15) is 9.50 Å². The van der Waals surface area contributed by atoms with E-state index in [9.17, 15) is 4.79 Å². The zero-order chi connectivity index (χ0) is 23.5. The Hall–Kier alpha value is -3.65. The average molecular weight is 458 g/mol. The summed E-state index contributed by atoms with van der Waals surface area (Å²) in [5, 5.41) is 6.28. The molecule has 2 aromatic carbocycles. The Kier molecular flexibility index (Phi) is 6.31. The highest BCUT2D eigenvalue weighted by Crippen LogP contribution is 2.17. The van der Waals surface area contributed by atoms with Crippen LogP contribution in [0.1, 0.15) is 36.6 Å². The van der Waals surface area contributed by atoms with Gasteiger partial charge in [0, 0.05) is 51.0 Å². The lowest BCUT2D eigenvalue weighted by Crippen LogP contribution is -2.46. The molecule has 1 aliphatic rings. The summed E-state index contributed by atoms with van der Waals surface area (Å²) in [5.74, 6) is 1.44. The summed E-state index contributed by atoms with van der Waals surface area (Å²) in [6.45, 7) is 9.41. The molecule has 0 atom stereocenters. The first kappa shape index (κ1) is 22.2. The molecule has 5 rings (SSSR count). The second-order valence-electron chi connectivity index (χ2n) is 9.14. The number of hydrogen-bond donors (Lipinski definition) is 2. The molecule has 8 nitrogen and oxygen atoms in total. The van der Waals surface area contributed by atoms with E-state index in [2.05, 4.69) is 92.6 Å². The molecular formula is C26H31N7O. The molecule has 34 heavy (non-hydrogen) atoms. The number of piperazine rings is 1. The maximum Gasteiger partial charge on any atom is 0.274 e. The predicted molar refractivity (Wildman–Crippen MR) is 135 cm³/mol. The minimum atomic E-state index is -0.148. The van der Waals surface area contributed by atoms with Crippen LogP contribution in [-0.4, -0.2) is 50.7 Å². The van der Waals surface area contributed by atoms with E-state index < -0.39 is 0 Å². The van der Waals surface area contributed by atoms with Gasteiger partial charge in [0.05, 0.1) is 5.69 Å². The van der Waals surface area contributed by atoms with E-state index in [4.69, 9.17) is 0 Å². The van der Waals surface area contributed by atoms with Crippen LogP contribution in [0.5, 0.6) is 0 Å². The highest BCUT2D eigenvalue weighted by Gasteiger charge is 2.18. The van der Waals surface area contributed by atoms with Gasteiger partial charge in [-0.15, -0.1) is 0 Å². The number of rotatable bonds is 7. The quantitative estimate of drug-likeness (QED) is 0.442. The van der Waals surface area contributed by atoms with Crippen LogP contribution < -0.4 is 15.8 Å². The highest BCUT2D eigenvalue weighted by atomic mass is 16.1. The first-order valence-electron chi connectivity index (χ1n) is 11.9. The number of nitrogens with one attached hydrogen (secondary N) is 2. The number of anilines is 2. The first-order chi connectivity index (χ1) is 16.5. The van der Waals surface area contributed by atoms with E-state index in [1.165, 1.54) is 15.8 Å². The number of para-hydroxylation sites is 1. The molecule has 0 unspecified atom stereocenters. The van der Waals surface area contributed by atoms with Gasteiger partial charge in [-0.1, -0.05) is 56.3 Å². The van der Waals surface area contributed by atoms with E-state index >= 15 is 0 Å². The van der Waals surface area contributed by atoms with Gasteiger partial charge < -0.3 is 10.2 Å². The molecule has 4 aromatic rings. The normalized spacial score (nSPS) is 14.7. The summed E-state index contributed by atoms with van der Waals surface area (Å²) < 4.78 is 1.39. The molecule has 0 radical (unpaired) electrons. The largest absolute Gasteiger partial charge is 0.369 e. The Bertz CT molecular complexity index is 1290. The van der Waals surface area contributed by atoms with Crippen molar-refractivity contribution in [3.63, 3.8) is 0 Å². The molecule has 8 heteroatoms. The van der Waals surface area contributed by atoms with Crippen molar-refractivity contribution < 1.29 is 0 Å². The van der Waals surface area contributed by atoms with Gasteiger partial charge in [0.25, 0.3) is 11.3 Å². The smallest absolute Gasteiger partial charge is 0.274 e. The van der Waals surface area contributed by atoms with Crippen molar-refractivity contribution in [2.24, 2.45) is 0 Å². The molecule has 1 fully saturated rings. The van der Waals surface area contributed by atoms with Crippen molar-refractivity contribution in [2.45, 2.75) is 32.9 Å². The van der Waals surface area contributed by atoms with Crippen LogP contribution in [0.15, 0.2) is 65.5 Å². The monoisotopic (exact) mass is 457 g/mol. The summed E-state index contributed by atoms with van der Waals surface area (Å²) in [6.07, 6.45) is 0. The molecule has 2 N–H and O–H groups in total. The van der Waals surface area contributed by atoms with Crippen LogP contribution in [0.4, 0.5) is 11.6 Å². The van der Waals surface area contributed by atoms with Crippen LogP contribution in [0, 0.1) is 0 Å². The average Bonchev–Trinajstić information content (AvgIpc) is 3.28. The molecule has 176 valence electrons. The topological polar surface area (TPSA) is 81.6 Å². The molecule has 0 amide bonds. The lowest BCUT2D eigenvalue weighted by atomic mass is 10.0. The Labute approximate surface area is 199 Å². The van der Waals surface area contributed by atoms with Gasteiger partial charge in [-0.3, -0.25) is 14.8 Å². The Morgan fingerprint density at radius 1 is 0.971 bits per heavy atom. The van der Waals surface area contributed by atoms with E-state index in [-0.39, 0.29) is 5.56 Å². The van der Waals surface area contributed by atoms with Crippen molar-refractivity contribution in [3.05, 3.63) is 87.8 Å². The van der Waals surface area contributed by atoms with E-state index in [0.29, 0.717) is 30.7 Å². The maximum atomic E-state index is 12.7. The van der Waals surface area contributed by atoms with Crippen molar-refractivity contribution >= 4 is 17.4 Å². The SMILES string of the molecule is CC(C)c1ccc(CNc2nc3nc(CN4CCN(c5ccccc5)CC4)cc(=O)n3[nH]2)cc1. The maximum absolute atomic E-state index is 12.7. The van der Waals surface area contributed by atoms with Crippen LogP contribution in [0.3, 0.4) is 0 Å². The molecular weight excluding hydrogens is 426 g/mol. The Balaban J connectivity index is 1.21. The minimum Gasteiger partial charge on any atom is -0.369 e. The molecule has 0 spiro atoms. The summed E-state index contributed by atoms with van der Waals surface area (Å²) in [7, 11) is 0. The van der Waals surface area contributed by atoms with Gasteiger partial charge in [-0.25, -0.2) is 4.98 Å². The van der Waals surface area contributed by atoms with Gasteiger partial charge >= 0.3 is 0 Å². The summed E-state index contributed by atoms with van der Waals surface area (Å²) >= 11 is 0. The number of H-pyrrole nitrogens is 1.